The Labute approximate surface area is 122 Å². The molecule has 1 atom stereocenters. The van der Waals surface area contributed by atoms with Crippen LogP contribution in [0.3, 0.4) is 0 Å². The lowest BCUT2D eigenvalue weighted by molar-refractivity contribution is -0.137. The summed E-state index contributed by atoms with van der Waals surface area (Å²) in [5, 5.41) is 9.07. The number of halogens is 5. The second-order valence-corrected chi connectivity index (χ2v) is 5.26. The van der Waals surface area contributed by atoms with Gasteiger partial charge in [-0.25, -0.2) is 18.6 Å². The maximum Gasteiger partial charge on any atom is 0.417 e. The number of aromatic carboxylic acids is 1. The van der Waals surface area contributed by atoms with Gasteiger partial charge in [-0.1, -0.05) is 6.92 Å². The minimum atomic E-state index is -4.72. The largest absolute Gasteiger partial charge is 0.478 e. The van der Waals surface area contributed by atoms with E-state index in [-0.39, 0.29) is 18.9 Å². The van der Waals surface area contributed by atoms with Crippen LogP contribution in [0.4, 0.5) is 27.8 Å². The summed E-state index contributed by atoms with van der Waals surface area (Å²) in [6, 6.07) is 0.474. The third kappa shape index (κ3) is 3.12. The molecule has 0 spiro atoms. The number of aromatic nitrogens is 1. The first kappa shape index (κ1) is 16.4. The summed E-state index contributed by atoms with van der Waals surface area (Å²) in [4.78, 5) is 16.0. The predicted molar refractivity (Wildman–Crippen MR) is 67.1 cm³/mol. The molecule has 4 nitrogen and oxygen atoms in total. The van der Waals surface area contributed by atoms with Gasteiger partial charge in [0, 0.05) is 31.6 Å². The average molecular weight is 324 g/mol. The quantitative estimate of drug-likeness (QED) is 0.848. The number of carboxylic acids is 1. The highest BCUT2D eigenvalue weighted by Gasteiger charge is 2.42. The zero-order valence-electron chi connectivity index (χ0n) is 11.5. The molecule has 0 amide bonds. The van der Waals surface area contributed by atoms with Gasteiger partial charge >= 0.3 is 12.1 Å². The van der Waals surface area contributed by atoms with Crippen LogP contribution in [0.25, 0.3) is 0 Å². The number of hydrogen-bond donors (Lipinski definition) is 1. The summed E-state index contributed by atoms with van der Waals surface area (Å²) in [7, 11) is 0. The zero-order chi connectivity index (χ0) is 16.7. The normalized spacial score (nSPS) is 21.7. The van der Waals surface area contributed by atoms with E-state index in [1.54, 1.807) is 0 Å². The van der Waals surface area contributed by atoms with Crippen LogP contribution in [-0.2, 0) is 6.18 Å². The van der Waals surface area contributed by atoms with E-state index in [9.17, 15) is 26.7 Å². The molecule has 122 valence electrons. The van der Waals surface area contributed by atoms with Crippen molar-refractivity contribution < 1.29 is 31.9 Å². The summed E-state index contributed by atoms with van der Waals surface area (Å²) in [6.45, 7) is 0.957. The number of alkyl halides is 5. The molecular formula is C13H13F5N2O2. The summed E-state index contributed by atoms with van der Waals surface area (Å²) in [5.74, 6) is -5.74. The topological polar surface area (TPSA) is 53.4 Å². The molecular weight excluding hydrogens is 311 g/mol. The Balaban J connectivity index is 2.38. The Morgan fingerprint density at radius 2 is 2.09 bits per heavy atom. The number of carbonyl (C=O) groups is 1. The highest BCUT2D eigenvalue weighted by Crippen LogP contribution is 2.36. The maximum absolute atomic E-state index is 13.5. The van der Waals surface area contributed by atoms with Crippen LogP contribution < -0.4 is 4.90 Å². The van der Waals surface area contributed by atoms with E-state index in [1.165, 1.54) is 11.8 Å². The average Bonchev–Trinajstić information content (AvgIpc) is 2.40. The molecule has 1 aromatic rings. The molecule has 2 heterocycles. The molecule has 0 aromatic carbocycles. The fraction of sp³-hybridized carbons (Fsp3) is 0.538. The Kier molecular flexibility index (Phi) is 4.01. The van der Waals surface area contributed by atoms with Crippen molar-refractivity contribution in [2.24, 2.45) is 5.92 Å². The number of hydrogen-bond acceptors (Lipinski definition) is 3. The van der Waals surface area contributed by atoms with E-state index >= 15 is 0 Å². The van der Waals surface area contributed by atoms with E-state index in [2.05, 4.69) is 4.98 Å². The second kappa shape index (κ2) is 5.36. The van der Waals surface area contributed by atoms with Gasteiger partial charge in [0.05, 0.1) is 5.56 Å². The van der Waals surface area contributed by atoms with Gasteiger partial charge in [0.2, 0.25) is 0 Å². The third-order valence-corrected chi connectivity index (χ3v) is 3.65. The fourth-order valence-corrected chi connectivity index (χ4v) is 2.30. The molecule has 9 heteroatoms. The molecule has 0 aliphatic carbocycles. The van der Waals surface area contributed by atoms with Crippen LogP contribution in [0.1, 0.15) is 29.3 Å². The van der Waals surface area contributed by atoms with Gasteiger partial charge in [-0.2, -0.15) is 13.2 Å². The number of rotatable bonds is 2. The number of carboxylic acid groups (broad SMARTS) is 1. The van der Waals surface area contributed by atoms with Crippen molar-refractivity contribution in [3.8, 4) is 0 Å². The molecule has 1 aliphatic rings. The first-order valence-electron chi connectivity index (χ1n) is 6.45. The summed E-state index contributed by atoms with van der Waals surface area (Å²) in [5.41, 5.74) is -1.84. The molecule has 1 aromatic heterocycles. The van der Waals surface area contributed by atoms with Gasteiger partial charge in [0.15, 0.2) is 0 Å². The van der Waals surface area contributed by atoms with Crippen molar-refractivity contribution in [1.29, 1.82) is 0 Å². The fourth-order valence-electron chi connectivity index (χ4n) is 2.30. The van der Waals surface area contributed by atoms with E-state index in [4.69, 9.17) is 5.11 Å². The highest BCUT2D eigenvalue weighted by atomic mass is 19.4. The van der Waals surface area contributed by atoms with Crippen molar-refractivity contribution in [2.45, 2.75) is 25.4 Å². The Hall–Kier alpha value is -1.93. The van der Waals surface area contributed by atoms with Gasteiger partial charge < -0.3 is 10.0 Å². The smallest absolute Gasteiger partial charge is 0.417 e. The van der Waals surface area contributed by atoms with E-state index in [0.717, 1.165) is 0 Å². The van der Waals surface area contributed by atoms with Crippen LogP contribution in [-0.4, -0.2) is 35.1 Å². The molecule has 22 heavy (non-hydrogen) atoms. The monoisotopic (exact) mass is 324 g/mol. The van der Waals surface area contributed by atoms with E-state index < -0.39 is 41.5 Å². The van der Waals surface area contributed by atoms with Crippen LogP contribution >= 0.6 is 0 Å². The lowest BCUT2D eigenvalue weighted by Crippen LogP contribution is -2.46. The zero-order valence-corrected chi connectivity index (χ0v) is 11.5. The molecule has 2 rings (SSSR count). The van der Waals surface area contributed by atoms with Gasteiger partial charge in [-0.15, -0.1) is 0 Å². The SMILES string of the molecule is CC1CN(c2ncc(C(F)(F)F)cc2C(=O)O)CCC1(F)F. The Morgan fingerprint density at radius 3 is 2.59 bits per heavy atom. The van der Waals surface area contributed by atoms with Crippen LogP contribution in [0, 0.1) is 5.92 Å². The molecule has 0 bridgehead atoms. The molecule has 1 saturated heterocycles. The summed E-state index contributed by atoms with van der Waals surface area (Å²) < 4.78 is 64.8. The molecule has 1 fully saturated rings. The minimum Gasteiger partial charge on any atom is -0.478 e. The highest BCUT2D eigenvalue weighted by molar-refractivity contribution is 5.93. The standard InChI is InChI=1S/C13H13F5N2O2/c1-7-6-20(3-2-12(7,14)15)10-9(11(21)22)4-8(5-19-10)13(16,17)18/h4-5,7H,2-3,6H2,1H3,(H,21,22). The second-order valence-electron chi connectivity index (χ2n) is 5.26. The van der Waals surface area contributed by atoms with Crippen LogP contribution in [0.2, 0.25) is 0 Å². The van der Waals surface area contributed by atoms with Gasteiger partial charge in [0.1, 0.15) is 11.4 Å². The summed E-state index contributed by atoms with van der Waals surface area (Å²) in [6.07, 6.45) is -4.72. The molecule has 0 saturated carbocycles. The number of nitrogens with zero attached hydrogens (tertiary/aromatic N) is 2. The number of anilines is 1. The van der Waals surface area contributed by atoms with Crippen LogP contribution in [0.5, 0.6) is 0 Å². The number of pyridine rings is 1. The van der Waals surface area contributed by atoms with Crippen molar-refractivity contribution in [3.05, 3.63) is 23.4 Å². The first-order valence-corrected chi connectivity index (χ1v) is 6.45. The van der Waals surface area contributed by atoms with Crippen molar-refractivity contribution >= 4 is 11.8 Å². The first-order chi connectivity index (χ1) is 10.0. The molecule has 1 N–H and O–H groups in total. The van der Waals surface area contributed by atoms with E-state index in [0.29, 0.717) is 12.3 Å². The van der Waals surface area contributed by atoms with Crippen molar-refractivity contribution in [3.63, 3.8) is 0 Å². The van der Waals surface area contributed by atoms with Gasteiger partial charge in [0.25, 0.3) is 5.92 Å². The predicted octanol–water partition coefficient (Wildman–Crippen LogP) is 3.28. The van der Waals surface area contributed by atoms with Crippen molar-refractivity contribution in [2.75, 3.05) is 18.0 Å². The lowest BCUT2D eigenvalue weighted by atomic mass is 9.95. The molecule has 0 radical (unpaired) electrons. The lowest BCUT2D eigenvalue weighted by Gasteiger charge is -2.37. The Morgan fingerprint density at radius 1 is 1.45 bits per heavy atom. The Bertz CT molecular complexity index is 588. The van der Waals surface area contributed by atoms with Crippen molar-refractivity contribution in [1.82, 2.24) is 4.98 Å². The third-order valence-electron chi connectivity index (χ3n) is 3.65. The van der Waals surface area contributed by atoms with Gasteiger partial charge in [-0.05, 0) is 6.07 Å². The van der Waals surface area contributed by atoms with E-state index in [1.807, 2.05) is 0 Å². The molecule has 1 aliphatic heterocycles. The van der Waals surface area contributed by atoms with Gasteiger partial charge in [-0.3, -0.25) is 0 Å². The maximum atomic E-state index is 13.5. The number of piperidine rings is 1. The summed E-state index contributed by atoms with van der Waals surface area (Å²) >= 11 is 0. The minimum absolute atomic E-state index is 0.171. The molecule has 1 unspecified atom stereocenters. The van der Waals surface area contributed by atoms with Crippen LogP contribution in [0.15, 0.2) is 12.3 Å².